The van der Waals surface area contributed by atoms with Crippen molar-refractivity contribution in [3.63, 3.8) is 0 Å². The van der Waals surface area contributed by atoms with Crippen molar-refractivity contribution in [3.8, 4) is 11.3 Å². The molecular weight excluding hydrogens is 598 g/mol. The number of amides is 2. The Morgan fingerprint density at radius 3 is 2.44 bits per heavy atom. The quantitative estimate of drug-likeness (QED) is 0.211. The van der Waals surface area contributed by atoms with Crippen LogP contribution in [0.15, 0.2) is 70.0 Å². The van der Waals surface area contributed by atoms with E-state index < -0.39 is 41.3 Å². The number of ether oxygens (including phenoxy) is 1. The van der Waals surface area contributed by atoms with E-state index in [9.17, 15) is 19.2 Å². The van der Waals surface area contributed by atoms with Gasteiger partial charge < -0.3 is 14.5 Å². The van der Waals surface area contributed by atoms with Crippen LogP contribution in [0, 0.1) is 5.92 Å². The number of hydrogen-bond acceptors (Lipinski definition) is 11. The number of ketones is 1. The molecule has 0 bridgehead atoms. The average molecular weight is 630 g/mol. The van der Waals surface area contributed by atoms with Crippen LogP contribution in [0.1, 0.15) is 49.3 Å². The minimum atomic E-state index is -1.04. The predicted molar refractivity (Wildman–Crippen MR) is 167 cm³/mol. The summed E-state index contributed by atoms with van der Waals surface area (Å²) in [5.74, 6) is -1.94. The number of para-hydroxylation sites is 1. The number of carbonyl (C=O) groups excluding carboxylic acids is 3. The summed E-state index contributed by atoms with van der Waals surface area (Å²) in [5.41, 5.74) is 0.282. The number of thiazole rings is 1. The number of hydrogen-bond donors (Lipinski definition) is 2. The van der Waals surface area contributed by atoms with Crippen LogP contribution in [-0.2, 0) is 21.5 Å². The fourth-order valence-corrected chi connectivity index (χ4v) is 5.61. The van der Waals surface area contributed by atoms with Crippen molar-refractivity contribution in [2.24, 2.45) is 5.92 Å². The van der Waals surface area contributed by atoms with Crippen LogP contribution in [-0.4, -0.2) is 55.7 Å². The SMILES string of the molecule is COC(=O)Nc1ncc(-c2ccccc2)n(CC(=O)N[C@H](C(=O)c2nnc(C(C)(C)c3nc4ccccc4s3)o2)C(C)C)c1=O. The van der Waals surface area contributed by atoms with Crippen molar-refractivity contribution >= 4 is 45.2 Å². The van der Waals surface area contributed by atoms with E-state index in [2.05, 4.69) is 30.6 Å². The Bertz CT molecular complexity index is 1900. The van der Waals surface area contributed by atoms with Gasteiger partial charge in [0.1, 0.15) is 11.6 Å². The minimum Gasteiger partial charge on any atom is -0.453 e. The van der Waals surface area contributed by atoms with Gasteiger partial charge in [0.15, 0.2) is 0 Å². The number of Topliss-reactive ketones (excluding diaryl/α,β-unsaturated/α-hetero) is 1. The average Bonchev–Trinajstić information content (AvgIpc) is 3.71. The molecule has 5 aromatic rings. The van der Waals surface area contributed by atoms with Crippen LogP contribution in [0.2, 0.25) is 0 Å². The number of nitrogens with one attached hydrogen (secondary N) is 2. The summed E-state index contributed by atoms with van der Waals surface area (Å²) < 4.78 is 12.6. The lowest BCUT2D eigenvalue weighted by molar-refractivity contribution is -0.122. The molecule has 14 heteroatoms. The van der Waals surface area contributed by atoms with Crippen molar-refractivity contribution in [1.29, 1.82) is 0 Å². The van der Waals surface area contributed by atoms with Crippen LogP contribution >= 0.6 is 11.3 Å². The molecule has 0 aliphatic heterocycles. The highest BCUT2D eigenvalue weighted by Crippen LogP contribution is 2.36. The molecule has 13 nitrogen and oxygen atoms in total. The molecule has 5 rings (SSSR count). The van der Waals surface area contributed by atoms with E-state index in [1.54, 1.807) is 44.2 Å². The minimum absolute atomic E-state index is 0.209. The summed E-state index contributed by atoms with van der Waals surface area (Å²) in [6.07, 6.45) is 0.479. The molecule has 1 atom stereocenters. The second-order valence-corrected chi connectivity index (χ2v) is 12.1. The Hall–Kier alpha value is -5.24. The highest BCUT2D eigenvalue weighted by Gasteiger charge is 2.36. The molecule has 0 spiro atoms. The molecule has 0 aliphatic carbocycles. The van der Waals surface area contributed by atoms with E-state index in [4.69, 9.17) is 9.40 Å². The van der Waals surface area contributed by atoms with Crippen LogP contribution in [0.25, 0.3) is 21.5 Å². The van der Waals surface area contributed by atoms with Crippen LogP contribution in [0.4, 0.5) is 10.6 Å². The number of rotatable bonds is 10. The second-order valence-electron chi connectivity index (χ2n) is 11.0. The van der Waals surface area contributed by atoms with Gasteiger partial charge in [0.25, 0.3) is 11.4 Å². The molecule has 2 amide bonds. The Morgan fingerprint density at radius 1 is 1.04 bits per heavy atom. The number of aromatic nitrogens is 5. The molecule has 0 radical (unpaired) electrons. The Kier molecular flexibility index (Phi) is 8.86. The fraction of sp³-hybridized carbons (Fsp3) is 0.290. The first-order valence-corrected chi connectivity index (χ1v) is 14.8. The molecular formula is C31H31N7O6S. The smallest absolute Gasteiger partial charge is 0.412 e. The molecule has 0 saturated heterocycles. The topological polar surface area (TPSA) is 171 Å². The summed E-state index contributed by atoms with van der Waals surface area (Å²) in [6.45, 7) is 6.81. The third-order valence-corrected chi connectivity index (χ3v) is 8.46. The summed E-state index contributed by atoms with van der Waals surface area (Å²) in [4.78, 5) is 60.9. The van der Waals surface area contributed by atoms with Gasteiger partial charge in [0, 0.05) is 0 Å². The van der Waals surface area contributed by atoms with E-state index in [0.717, 1.165) is 26.9 Å². The van der Waals surface area contributed by atoms with Gasteiger partial charge in [-0.3, -0.25) is 24.3 Å². The van der Waals surface area contributed by atoms with Gasteiger partial charge in [-0.25, -0.2) is 14.8 Å². The van der Waals surface area contributed by atoms with Crippen LogP contribution in [0.3, 0.4) is 0 Å². The second kappa shape index (κ2) is 12.8. The number of fused-ring (bicyclic) bond motifs is 1. The van der Waals surface area contributed by atoms with Gasteiger partial charge in [-0.1, -0.05) is 56.3 Å². The maximum atomic E-state index is 13.6. The number of methoxy groups -OCH3 is 1. The van der Waals surface area contributed by atoms with E-state index in [1.165, 1.54) is 17.5 Å². The maximum Gasteiger partial charge on any atom is 0.412 e. The lowest BCUT2D eigenvalue weighted by Crippen LogP contribution is -2.46. The van der Waals surface area contributed by atoms with Crippen molar-refractivity contribution < 1.29 is 23.5 Å². The first-order valence-electron chi connectivity index (χ1n) is 14.0. The molecule has 232 valence electrons. The van der Waals surface area contributed by atoms with Gasteiger partial charge in [0.05, 0.1) is 40.7 Å². The van der Waals surface area contributed by atoms with Gasteiger partial charge in [-0.05, 0) is 37.5 Å². The molecule has 2 N–H and O–H groups in total. The van der Waals surface area contributed by atoms with Gasteiger partial charge in [-0.2, -0.15) is 0 Å². The van der Waals surface area contributed by atoms with Crippen molar-refractivity contribution in [2.75, 3.05) is 12.4 Å². The highest BCUT2D eigenvalue weighted by atomic mass is 32.1. The number of benzene rings is 2. The first kappa shape index (κ1) is 31.2. The van der Waals surface area contributed by atoms with Crippen LogP contribution in [0.5, 0.6) is 0 Å². The molecule has 0 aliphatic rings. The van der Waals surface area contributed by atoms with Crippen molar-refractivity contribution in [1.82, 2.24) is 30.0 Å². The standard InChI is InChI=1S/C31H31N7O6S/c1-17(2)23(24(40)26-36-37-28(44-26)31(3,4)29-33-19-13-9-10-14-21(19)45-29)34-22(39)16-38-20(18-11-7-6-8-12-18)15-32-25(27(38)41)35-30(42)43-5/h6-15,17,23H,16H2,1-5H3,(H,34,39)(H,32,35,42)/t23-/m0/s1. The molecule has 0 unspecified atom stereocenters. The summed E-state index contributed by atoms with van der Waals surface area (Å²) in [6, 6.07) is 15.6. The number of carbonyl (C=O) groups is 3. The highest BCUT2D eigenvalue weighted by molar-refractivity contribution is 7.18. The maximum absolute atomic E-state index is 13.6. The van der Waals surface area contributed by atoms with Gasteiger partial charge in [-0.15, -0.1) is 21.5 Å². The summed E-state index contributed by atoms with van der Waals surface area (Å²) in [7, 11) is 1.15. The van der Waals surface area contributed by atoms with E-state index in [0.29, 0.717) is 11.3 Å². The first-order chi connectivity index (χ1) is 21.5. The zero-order chi connectivity index (χ0) is 32.3. The molecule has 2 aromatic carbocycles. The lowest BCUT2D eigenvalue weighted by atomic mass is 9.94. The summed E-state index contributed by atoms with van der Waals surface area (Å²) >= 11 is 1.50. The third-order valence-electron chi connectivity index (χ3n) is 7.10. The zero-order valence-corrected chi connectivity index (χ0v) is 26.0. The van der Waals surface area contributed by atoms with E-state index in [-0.39, 0.29) is 23.5 Å². The predicted octanol–water partition coefficient (Wildman–Crippen LogP) is 4.43. The molecule has 3 heterocycles. The Morgan fingerprint density at radius 2 is 1.76 bits per heavy atom. The van der Waals surface area contributed by atoms with Crippen LogP contribution < -0.4 is 16.2 Å². The number of nitrogens with zero attached hydrogens (tertiary/aromatic N) is 5. The Labute approximate surface area is 261 Å². The Balaban J connectivity index is 1.39. The van der Waals surface area contributed by atoms with Gasteiger partial charge in [0.2, 0.25) is 23.4 Å². The van der Waals surface area contributed by atoms with Gasteiger partial charge >= 0.3 is 6.09 Å². The van der Waals surface area contributed by atoms with Crippen molar-refractivity contribution in [2.45, 2.75) is 45.7 Å². The van der Waals surface area contributed by atoms with Crippen molar-refractivity contribution in [3.05, 3.63) is 87.9 Å². The zero-order valence-electron chi connectivity index (χ0n) is 25.2. The van der Waals surface area contributed by atoms with E-state index in [1.807, 2.05) is 38.1 Å². The van der Waals surface area contributed by atoms with E-state index >= 15 is 0 Å². The summed E-state index contributed by atoms with van der Waals surface area (Å²) in [5, 5.41) is 13.9. The molecule has 0 saturated carbocycles. The molecule has 45 heavy (non-hydrogen) atoms. The monoisotopic (exact) mass is 629 g/mol. The third kappa shape index (κ3) is 6.50. The number of anilines is 1. The normalized spacial score (nSPS) is 12.2. The molecule has 0 fully saturated rings. The fourth-order valence-electron chi connectivity index (χ4n) is 4.55. The largest absolute Gasteiger partial charge is 0.453 e. The molecule has 3 aromatic heterocycles. The lowest BCUT2D eigenvalue weighted by Gasteiger charge is -2.21.